The van der Waals surface area contributed by atoms with Crippen LogP contribution in [-0.4, -0.2) is 46.6 Å². The summed E-state index contributed by atoms with van der Waals surface area (Å²) in [6, 6.07) is 10.1. The number of carbonyl (C=O) groups excluding carboxylic acids is 1. The van der Waals surface area contributed by atoms with Crippen LogP contribution < -0.4 is 0 Å². The molecule has 1 amide bonds. The van der Waals surface area contributed by atoms with Crippen molar-refractivity contribution >= 4 is 28.3 Å². The minimum absolute atomic E-state index is 0.0972. The van der Waals surface area contributed by atoms with Crippen LogP contribution >= 0.6 is 11.3 Å². The van der Waals surface area contributed by atoms with E-state index in [1.54, 1.807) is 17.7 Å². The zero-order chi connectivity index (χ0) is 17.1. The largest absolute Gasteiger partial charge is 0.381 e. The number of aromatic amines is 1. The molecule has 1 saturated heterocycles. The van der Waals surface area contributed by atoms with Gasteiger partial charge >= 0.3 is 0 Å². The summed E-state index contributed by atoms with van der Waals surface area (Å²) in [5, 5.41) is 2.09. The van der Waals surface area contributed by atoms with Crippen molar-refractivity contribution in [2.45, 2.75) is 25.3 Å². The fourth-order valence-corrected chi connectivity index (χ4v) is 4.06. The smallest absolute Gasteiger partial charge is 0.254 e. The normalized spacial score (nSPS) is 15.5. The van der Waals surface area contributed by atoms with Crippen molar-refractivity contribution < 1.29 is 9.53 Å². The minimum atomic E-state index is 0.0972. The Balaban J connectivity index is 1.57. The molecule has 1 fully saturated rings. The number of ether oxygens (including phenoxy) is 1. The van der Waals surface area contributed by atoms with Crippen molar-refractivity contribution in [3.05, 3.63) is 52.5 Å². The number of amides is 1. The topological polar surface area (TPSA) is 58.2 Å². The Morgan fingerprint density at radius 3 is 3.00 bits per heavy atom. The van der Waals surface area contributed by atoms with E-state index in [1.807, 2.05) is 23.1 Å². The number of H-pyrrole nitrogens is 1. The van der Waals surface area contributed by atoms with Crippen molar-refractivity contribution in [2.75, 3.05) is 19.8 Å². The molecule has 0 aliphatic carbocycles. The van der Waals surface area contributed by atoms with E-state index >= 15 is 0 Å². The predicted molar refractivity (Wildman–Crippen MR) is 99.0 cm³/mol. The molecule has 0 spiro atoms. The Bertz CT molecular complexity index is 837. The molecule has 3 heterocycles. The lowest BCUT2D eigenvalue weighted by Gasteiger charge is -2.34. The Kier molecular flexibility index (Phi) is 4.81. The number of hydrogen-bond acceptors (Lipinski definition) is 4. The van der Waals surface area contributed by atoms with E-state index in [0.717, 1.165) is 55.6 Å². The van der Waals surface area contributed by atoms with Gasteiger partial charge in [0.2, 0.25) is 0 Å². The van der Waals surface area contributed by atoms with Gasteiger partial charge in [0, 0.05) is 36.2 Å². The second-order valence-electron chi connectivity index (χ2n) is 6.31. The van der Waals surface area contributed by atoms with Gasteiger partial charge in [0.05, 0.1) is 17.4 Å². The van der Waals surface area contributed by atoms with E-state index in [1.165, 1.54) is 4.88 Å². The lowest BCUT2D eigenvalue weighted by molar-refractivity contribution is 0.0294. The summed E-state index contributed by atoms with van der Waals surface area (Å²) < 4.78 is 5.48. The molecule has 2 aromatic heterocycles. The third-order valence-corrected chi connectivity index (χ3v) is 5.68. The van der Waals surface area contributed by atoms with E-state index in [9.17, 15) is 4.79 Å². The maximum Gasteiger partial charge on any atom is 0.254 e. The van der Waals surface area contributed by atoms with Crippen molar-refractivity contribution in [1.29, 1.82) is 0 Å². The van der Waals surface area contributed by atoms with E-state index in [-0.39, 0.29) is 11.9 Å². The zero-order valence-electron chi connectivity index (χ0n) is 14.0. The number of hydrogen-bond donors (Lipinski definition) is 1. The van der Waals surface area contributed by atoms with Gasteiger partial charge in [-0.1, -0.05) is 6.07 Å². The zero-order valence-corrected chi connectivity index (χ0v) is 14.8. The van der Waals surface area contributed by atoms with Gasteiger partial charge in [-0.25, -0.2) is 4.98 Å². The predicted octanol–water partition coefficient (Wildman–Crippen LogP) is 3.49. The van der Waals surface area contributed by atoms with Gasteiger partial charge in [0.15, 0.2) is 0 Å². The van der Waals surface area contributed by atoms with Gasteiger partial charge in [-0.05, 0) is 48.9 Å². The van der Waals surface area contributed by atoms with Crippen molar-refractivity contribution in [3.8, 4) is 0 Å². The third kappa shape index (κ3) is 3.60. The quantitative estimate of drug-likeness (QED) is 0.762. The Morgan fingerprint density at radius 2 is 2.20 bits per heavy atom. The van der Waals surface area contributed by atoms with Gasteiger partial charge in [0.25, 0.3) is 5.91 Å². The SMILES string of the molecule is O=C(c1ccc2nc[nH]c2c1)N(CCc1cccs1)C1CCOCC1. The van der Waals surface area contributed by atoms with Crippen LogP contribution in [0.1, 0.15) is 28.1 Å². The van der Waals surface area contributed by atoms with E-state index in [0.29, 0.717) is 0 Å². The molecule has 25 heavy (non-hydrogen) atoms. The molecule has 4 rings (SSSR count). The molecule has 1 N–H and O–H groups in total. The van der Waals surface area contributed by atoms with Crippen LogP contribution in [0.4, 0.5) is 0 Å². The summed E-state index contributed by atoms with van der Waals surface area (Å²) in [5.74, 6) is 0.0972. The number of thiophene rings is 1. The number of nitrogens with zero attached hydrogens (tertiary/aromatic N) is 2. The van der Waals surface area contributed by atoms with Crippen LogP contribution in [0.5, 0.6) is 0 Å². The molecule has 130 valence electrons. The molecule has 6 heteroatoms. The molecule has 0 radical (unpaired) electrons. The highest BCUT2D eigenvalue weighted by molar-refractivity contribution is 7.09. The average Bonchev–Trinajstić information content (AvgIpc) is 3.33. The number of rotatable bonds is 5. The van der Waals surface area contributed by atoms with E-state index in [2.05, 4.69) is 27.5 Å². The summed E-state index contributed by atoms with van der Waals surface area (Å²) in [6.45, 7) is 2.20. The first-order valence-electron chi connectivity index (χ1n) is 8.65. The highest BCUT2D eigenvalue weighted by Crippen LogP contribution is 2.21. The lowest BCUT2D eigenvalue weighted by Crippen LogP contribution is -2.44. The summed E-state index contributed by atoms with van der Waals surface area (Å²) >= 11 is 1.75. The third-order valence-electron chi connectivity index (χ3n) is 4.74. The van der Waals surface area contributed by atoms with Crippen LogP contribution in [0.25, 0.3) is 11.0 Å². The Hall–Kier alpha value is -2.18. The van der Waals surface area contributed by atoms with Gasteiger partial charge in [0.1, 0.15) is 0 Å². The highest BCUT2D eigenvalue weighted by atomic mass is 32.1. The van der Waals surface area contributed by atoms with Crippen LogP contribution in [-0.2, 0) is 11.2 Å². The second kappa shape index (κ2) is 7.37. The van der Waals surface area contributed by atoms with E-state index < -0.39 is 0 Å². The molecule has 0 bridgehead atoms. The molecular formula is C19H21N3O2S. The number of imidazole rings is 1. The first-order chi connectivity index (χ1) is 12.3. The molecule has 1 aliphatic heterocycles. The average molecular weight is 355 g/mol. The number of nitrogens with one attached hydrogen (secondary N) is 1. The molecule has 0 atom stereocenters. The fourth-order valence-electron chi connectivity index (χ4n) is 3.37. The van der Waals surface area contributed by atoms with E-state index in [4.69, 9.17) is 4.74 Å². The van der Waals surface area contributed by atoms with Crippen molar-refractivity contribution in [3.63, 3.8) is 0 Å². The molecule has 5 nitrogen and oxygen atoms in total. The maximum atomic E-state index is 13.2. The molecule has 0 saturated carbocycles. The lowest BCUT2D eigenvalue weighted by atomic mass is 10.0. The molecule has 1 aromatic carbocycles. The first-order valence-corrected chi connectivity index (χ1v) is 9.53. The van der Waals surface area contributed by atoms with Crippen LogP contribution in [0.2, 0.25) is 0 Å². The Labute approximate surface area is 150 Å². The van der Waals surface area contributed by atoms with Crippen molar-refractivity contribution in [2.24, 2.45) is 0 Å². The van der Waals surface area contributed by atoms with Gasteiger partial charge < -0.3 is 14.6 Å². The number of aromatic nitrogens is 2. The molecule has 3 aromatic rings. The standard InChI is InChI=1S/C19H21N3O2S/c23-19(14-3-4-17-18(12-14)21-13-20-17)22(15-6-9-24-10-7-15)8-5-16-2-1-11-25-16/h1-4,11-13,15H,5-10H2,(H,20,21). The fraction of sp³-hybridized carbons (Fsp3) is 0.368. The minimum Gasteiger partial charge on any atom is -0.381 e. The summed E-state index contributed by atoms with van der Waals surface area (Å²) in [5.41, 5.74) is 2.50. The monoisotopic (exact) mass is 355 g/mol. The molecular weight excluding hydrogens is 334 g/mol. The number of benzene rings is 1. The first kappa shape index (κ1) is 16.3. The van der Waals surface area contributed by atoms with Crippen LogP contribution in [0.3, 0.4) is 0 Å². The van der Waals surface area contributed by atoms with Gasteiger partial charge in [-0.15, -0.1) is 11.3 Å². The van der Waals surface area contributed by atoms with Crippen molar-refractivity contribution in [1.82, 2.24) is 14.9 Å². The van der Waals surface area contributed by atoms with Crippen LogP contribution in [0, 0.1) is 0 Å². The molecule has 1 aliphatic rings. The molecule has 0 unspecified atom stereocenters. The summed E-state index contributed by atoms with van der Waals surface area (Å²) in [7, 11) is 0. The number of carbonyl (C=O) groups is 1. The maximum absolute atomic E-state index is 13.2. The van der Waals surface area contributed by atoms with Gasteiger partial charge in [-0.3, -0.25) is 4.79 Å². The number of fused-ring (bicyclic) bond motifs is 1. The van der Waals surface area contributed by atoms with Crippen LogP contribution in [0.15, 0.2) is 42.0 Å². The summed E-state index contributed by atoms with van der Waals surface area (Å²) in [6.07, 6.45) is 4.37. The highest BCUT2D eigenvalue weighted by Gasteiger charge is 2.26. The Morgan fingerprint density at radius 1 is 1.32 bits per heavy atom. The summed E-state index contributed by atoms with van der Waals surface area (Å²) in [4.78, 5) is 23.9. The second-order valence-corrected chi connectivity index (χ2v) is 7.34. The van der Waals surface area contributed by atoms with Gasteiger partial charge in [-0.2, -0.15) is 0 Å².